The van der Waals surface area contributed by atoms with E-state index in [4.69, 9.17) is 0 Å². The number of likely N-dealkylation sites (tertiary alicyclic amines) is 1. The average molecular weight is 403 g/mol. The van der Waals surface area contributed by atoms with Gasteiger partial charge < -0.3 is 15.3 Å². The van der Waals surface area contributed by atoms with E-state index in [1.165, 1.54) is 5.57 Å². The number of rotatable bonds is 7. The highest BCUT2D eigenvalue weighted by atomic mass is 19.1. The van der Waals surface area contributed by atoms with Crippen molar-refractivity contribution >= 4 is 5.91 Å². The number of nitrogens with zero attached hydrogens (tertiary/aromatic N) is 1. The van der Waals surface area contributed by atoms with E-state index in [1.807, 2.05) is 18.2 Å². The van der Waals surface area contributed by atoms with Crippen LogP contribution in [0.15, 0.2) is 42.0 Å². The van der Waals surface area contributed by atoms with E-state index in [9.17, 15) is 14.3 Å². The number of benzene rings is 1. The van der Waals surface area contributed by atoms with Crippen molar-refractivity contribution in [1.82, 2.24) is 10.2 Å². The summed E-state index contributed by atoms with van der Waals surface area (Å²) in [6.07, 6.45) is 5.31. The molecule has 0 radical (unpaired) electrons. The van der Waals surface area contributed by atoms with Crippen LogP contribution in [0.4, 0.5) is 4.39 Å². The summed E-state index contributed by atoms with van der Waals surface area (Å²) in [5.74, 6) is -0.755. The molecule has 1 amide bonds. The first-order chi connectivity index (χ1) is 13.9. The topological polar surface area (TPSA) is 52.6 Å². The maximum Gasteiger partial charge on any atom is 0.257 e. The fourth-order valence-electron chi connectivity index (χ4n) is 4.68. The van der Waals surface area contributed by atoms with Gasteiger partial charge in [0.25, 0.3) is 5.91 Å². The van der Waals surface area contributed by atoms with Crippen LogP contribution in [-0.2, 0) is 10.4 Å². The molecule has 29 heavy (non-hydrogen) atoms. The summed E-state index contributed by atoms with van der Waals surface area (Å²) in [4.78, 5) is 15.7. The molecule has 5 heteroatoms. The van der Waals surface area contributed by atoms with Crippen LogP contribution < -0.4 is 5.32 Å². The van der Waals surface area contributed by atoms with Crippen LogP contribution in [-0.4, -0.2) is 47.8 Å². The van der Waals surface area contributed by atoms with Crippen molar-refractivity contribution in [3.63, 3.8) is 0 Å². The minimum absolute atomic E-state index is 0.0556. The normalized spacial score (nSPS) is 25.4. The van der Waals surface area contributed by atoms with Crippen molar-refractivity contribution in [2.24, 2.45) is 5.92 Å². The van der Waals surface area contributed by atoms with Crippen molar-refractivity contribution in [1.29, 1.82) is 0 Å². The molecule has 3 rings (SSSR count). The third-order valence-corrected chi connectivity index (χ3v) is 6.44. The molecule has 0 spiro atoms. The molecule has 1 unspecified atom stereocenters. The predicted molar refractivity (Wildman–Crippen MR) is 114 cm³/mol. The number of amides is 1. The molecular weight excluding hydrogens is 367 g/mol. The number of halogens is 1. The van der Waals surface area contributed by atoms with Gasteiger partial charge in [0.05, 0.1) is 0 Å². The fourth-order valence-corrected chi connectivity index (χ4v) is 4.68. The molecular formula is C24H35FN2O2. The van der Waals surface area contributed by atoms with Crippen LogP contribution in [0.2, 0.25) is 0 Å². The highest BCUT2D eigenvalue weighted by Crippen LogP contribution is 2.42. The number of aliphatic hydroxyl groups is 1. The molecule has 4 nitrogen and oxygen atoms in total. The van der Waals surface area contributed by atoms with E-state index >= 15 is 0 Å². The van der Waals surface area contributed by atoms with E-state index in [1.54, 1.807) is 12.1 Å². The molecule has 1 aromatic rings. The predicted octanol–water partition coefficient (Wildman–Crippen LogP) is 3.95. The standard InChI is InChI=1S/C24H35FN2O2/c1-18(2)7-6-14-27-15-12-22(13-16-27)26-23(28)24(29,19-8-4-3-5-9-19)20-10-11-21(25)17-20/h3-5,7-9,20-22,29H,6,10-17H2,1-2H3,(H,26,28)/t20?,21-,24+/m1/s1. The summed E-state index contributed by atoms with van der Waals surface area (Å²) >= 11 is 0. The lowest BCUT2D eigenvalue weighted by atomic mass is 9.79. The molecule has 0 bridgehead atoms. The molecule has 2 aliphatic rings. The summed E-state index contributed by atoms with van der Waals surface area (Å²) < 4.78 is 13.9. The Kier molecular flexibility index (Phi) is 7.47. The molecule has 1 aromatic carbocycles. The van der Waals surface area contributed by atoms with Crippen molar-refractivity contribution in [2.75, 3.05) is 19.6 Å². The van der Waals surface area contributed by atoms with E-state index in [0.717, 1.165) is 38.9 Å². The molecule has 160 valence electrons. The third-order valence-electron chi connectivity index (χ3n) is 6.44. The maximum absolute atomic E-state index is 13.9. The van der Waals surface area contributed by atoms with Crippen molar-refractivity contribution in [3.05, 3.63) is 47.5 Å². The van der Waals surface area contributed by atoms with Gasteiger partial charge in [-0.1, -0.05) is 42.0 Å². The first-order valence-electron chi connectivity index (χ1n) is 11.0. The second-order valence-electron chi connectivity index (χ2n) is 8.90. The number of alkyl halides is 1. The fraction of sp³-hybridized carbons (Fsp3) is 0.625. The number of carbonyl (C=O) groups excluding carboxylic acids is 1. The monoisotopic (exact) mass is 402 g/mol. The Balaban J connectivity index is 1.62. The number of hydrogen-bond acceptors (Lipinski definition) is 3. The molecule has 0 aromatic heterocycles. The van der Waals surface area contributed by atoms with E-state index in [2.05, 4.69) is 30.1 Å². The maximum atomic E-state index is 13.9. The van der Waals surface area contributed by atoms with Gasteiger partial charge in [-0.15, -0.1) is 0 Å². The van der Waals surface area contributed by atoms with Gasteiger partial charge >= 0.3 is 0 Å². The average Bonchev–Trinajstić information content (AvgIpc) is 3.16. The van der Waals surface area contributed by atoms with Gasteiger partial charge in [-0.2, -0.15) is 0 Å². The zero-order valence-electron chi connectivity index (χ0n) is 17.7. The molecule has 1 aliphatic carbocycles. The molecule has 1 saturated heterocycles. The summed E-state index contributed by atoms with van der Waals surface area (Å²) in [6, 6.07) is 9.11. The summed E-state index contributed by atoms with van der Waals surface area (Å²) in [7, 11) is 0. The van der Waals surface area contributed by atoms with E-state index in [-0.39, 0.29) is 24.3 Å². The van der Waals surface area contributed by atoms with Crippen molar-refractivity contribution in [2.45, 2.75) is 70.2 Å². The van der Waals surface area contributed by atoms with Gasteiger partial charge in [0.1, 0.15) is 6.17 Å². The van der Waals surface area contributed by atoms with Crippen LogP contribution in [0.25, 0.3) is 0 Å². The highest BCUT2D eigenvalue weighted by molar-refractivity contribution is 5.87. The van der Waals surface area contributed by atoms with E-state index in [0.29, 0.717) is 18.4 Å². The Hall–Kier alpha value is -1.72. The molecule has 2 fully saturated rings. The number of hydrogen-bond donors (Lipinski definition) is 2. The van der Waals surface area contributed by atoms with Gasteiger partial charge in [-0.3, -0.25) is 4.79 Å². The van der Waals surface area contributed by atoms with Gasteiger partial charge in [-0.25, -0.2) is 4.39 Å². The van der Waals surface area contributed by atoms with Crippen molar-refractivity contribution in [3.8, 4) is 0 Å². The van der Waals surface area contributed by atoms with Crippen LogP contribution in [0, 0.1) is 5.92 Å². The smallest absolute Gasteiger partial charge is 0.257 e. The molecule has 2 N–H and O–H groups in total. The van der Waals surface area contributed by atoms with Crippen molar-refractivity contribution < 1.29 is 14.3 Å². The van der Waals surface area contributed by atoms with Gasteiger partial charge in [-0.05, 0) is 57.9 Å². The lowest BCUT2D eigenvalue weighted by Gasteiger charge is -2.37. The Bertz CT molecular complexity index is 696. The zero-order valence-corrected chi connectivity index (χ0v) is 17.7. The zero-order chi connectivity index (χ0) is 20.9. The quantitative estimate of drug-likeness (QED) is 0.679. The Morgan fingerprint density at radius 1 is 1.21 bits per heavy atom. The number of piperidine rings is 1. The Labute approximate surface area is 174 Å². The second-order valence-corrected chi connectivity index (χ2v) is 8.90. The first-order valence-corrected chi connectivity index (χ1v) is 11.0. The van der Waals surface area contributed by atoms with Gasteiger partial charge in [0, 0.05) is 31.6 Å². The summed E-state index contributed by atoms with van der Waals surface area (Å²) in [5.41, 5.74) is 0.244. The lowest BCUT2D eigenvalue weighted by Crippen LogP contribution is -2.54. The molecule has 1 heterocycles. The molecule has 1 aliphatic heterocycles. The second kappa shape index (κ2) is 9.86. The SMILES string of the molecule is CC(C)=CCCN1CCC(NC(=O)[C@](O)(c2ccccc2)C2CC[C@@H](F)C2)CC1. The van der Waals surface area contributed by atoms with Crippen LogP contribution in [0.5, 0.6) is 0 Å². The highest BCUT2D eigenvalue weighted by Gasteiger charge is 2.48. The van der Waals surface area contributed by atoms with E-state index < -0.39 is 11.8 Å². The lowest BCUT2D eigenvalue weighted by molar-refractivity contribution is -0.148. The molecule has 3 atom stereocenters. The summed E-state index contributed by atoms with van der Waals surface area (Å²) in [6.45, 7) is 7.17. The van der Waals surface area contributed by atoms with Crippen LogP contribution in [0.1, 0.15) is 57.9 Å². The minimum atomic E-state index is -1.66. The Morgan fingerprint density at radius 2 is 1.90 bits per heavy atom. The van der Waals surface area contributed by atoms with Gasteiger partial charge in [0.15, 0.2) is 5.60 Å². The van der Waals surface area contributed by atoms with Gasteiger partial charge in [0.2, 0.25) is 0 Å². The first kappa shape index (κ1) is 22.0. The number of nitrogens with one attached hydrogen (secondary N) is 1. The molecule has 1 saturated carbocycles. The number of carbonyl (C=O) groups is 1. The third kappa shape index (κ3) is 5.46. The largest absolute Gasteiger partial charge is 0.375 e. The minimum Gasteiger partial charge on any atom is -0.375 e. The number of allylic oxidation sites excluding steroid dienone is 1. The van der Waals surface area contributed by atoms with Crippen LogP contribution in [0.3, 0.4) is 0 Å². The Morgan fingerprint density at radius 3 is 2.48 bits per heavy atom. The van der Waals surface area contributed by atoms with Crippen LogP contribution >= 0.6 is 0 Å². The summed E-state index contributed by atoms with van der Waals surface area (Å²) in [5, 5.41) is 14.6.